The fourth-order valence-corrected chi connectivity index (χ4v) is 12.0. The summed E-state index contributed by atoms with van der Waals surface area (Å²) in [7, 11) is 0. The van der Waals surface area contributed by atoms with Crippen molar-refractivity contribution in [3.63, 3.8) is 0 Å². The van der Waals surface area contributed by atoms with Crippen LogP contribution in [0.5, 0.6) is 0 Å². The second kappa shape index (κ2) is 12.7. The maximum atomic E-state index is 2.84. The van der Waals surface area contributed by atoms with Crippen molar-refractivity contribution in [2.75, 3.05) is 9.71 Å². The number of rotatable bonds is 5. The largest absolute Gasteiger partial charge is 0.377 e. The predicted octanol–water partition coefficient (Wildman–Crippen LogP) is 12.0. The molecule has 1 aliphatic carbocycles. The monoisotopic (exact) mass is 788 g/mol. The molecule has 0 aromatic heterocycles. The molecular formula is C57H54B2N2. The molecule has 0 atom stereocenters. The van der Waals surface area contributed by atoms with Crippen LogP contribution in [-0.2, 0) is 5.41 Å². The highest BCUT2D eigenvalue weighted by molar-refractivity contribution is 7.03. The van der Waals surface area contributed by atoms with Gasteiger partial charge in [0.2, 0.25) is 0 Å². The van der Waals surface area contributed by atoms with E-state index in [1.165, 1.54) is 123 Å². The molecule has 0 unspecified atom stereocenters. The molecule has 0 amide bonds. The molecule has 4 aliphatic heterocycles. The van der Waals surface area contributed by atoms with Crippen molar-refractivity contribution in [2.45, 2.75) is 98.3 Å². The Hall–Kier alpha value is -5.73. The molecule has 61 heavy (non-hydrogen) atoms. The zero-order valence-corrected chi connectivity index (χ0v) is 37.4. The molecule has 7 aromatic rings. The van der Waals surface area contributed by atoms with Gasteiger partial charge in [-0.2, -0.15) is 0 Å². The van der Waals surface area contributed by atoms with Gasteiger partial charge in [0.15, 0.2) is 0 Å². The van der Waals surface area contributed by atoms with Crippen molar-refractivity contribution in [1.29, 1.82) is 0 Å². The lowest BCUT2D eigenvalue weighted by Crippen LogP contribution is -2.69. The van der Waals surface area contributed by atoms with Crippen LogP contribution < -0.4 is 37.0 Å². The first-order valence-electron chi connectivity index (χ1n) is 22.9. The summed E-state index contributed by atoms with van der Waals surface area (Å²) in [6.45, 7) is 23.7. The second-order valence-corrected chi connectivity index (χ2v) is 20.5. The van der Waals surface area contributed by atoms with Crippen LogP contribution in [0.15, 0.2) is 121 Å². The Morgan fingerprint density at radius 1 is 0.426 bits per heavy atom. The number of fused-ring (bicyclic) bond motifs is 12. The van der Waals surface area contributed by atoms with Gasteiger partial charge in [-0.25, -0.2) is 0 Å². The third-order valence-corrected chi connectivity index (χ3v) is 15.4. The minimum atomic E-state index is -0.0931. The predicted molar refractivity (Wildman–Crippen MR) is 264 cm³/mol. The number of anilines is 5. The maximum absolute atomic E-state index is 2.84. The number of nitrogens with zero attached hydrogens (tertiary/aromatic N) is 2. The van der Waals surface area contributed by atoms with E-state index in [9.17, 15) is 0 Å². The van der Waals surface area contributed by atoms with Crippen molar-refractivity contribution in [1.82, 2.24) is 0 Å². The van der Waals surface area contributed by atoms with Crippen LogP contribution in [0.3, 0.4) is 0 Å². The van der Waals surface area contributed by atoms with Crippen molar-refractivity contribution in [2.24, 2.45) is 0 Å². The van der Waals surface area contributed by atoms with Crippen LogP contribution in [0.4, 0.5) is 28.4 Å². The van der Waals surface area contributed by atoms with Crippen LogP contribution in [-0.4, -0.2) is 13.6 Å². The van der Waals surface area contributed by atoms with E-state index < -0.39 is 0 Å². The Morgan fingerprint density at radius 2 is 1.03 bits per heavy atom. The highest BCUT2D eigenvalue weighted by Gasteiger charge is 2.53. The van der Waals surface area contributed by atoms with E-state index in [0.29, 0.717) is 23.7 Å². The average Bonchev–Trinajstić information content (AvgIpc) is 3.48. The highest BCUT2D eigenvalue weighted by atomic mass is 15.2. The molecule has 0 fully saturated rings. The molecule has 0 radical (unpaired) electrons. The van der Waals surface area contributed by atoms with Crippen molar-refractivity contribution < 1.29 is 0 Å². The van der Waals surface area contributed by atoms with Gasteiger partial charge >= 0.3 is 6.85 Å². The molecule has 0 N–H and O–H groups in total. The quantitative estimate of drug-likeness (QED) is 0.160. The van der Waals surface area contributed by atoms with Crippen LogP contribution in [0, 0.1) is 0 Å². The van der Waals surface area contributed by atoms with Crippen LogP contribution in [0.1, 0.15) is 126 Å². The summed E-state index contributed by atoms with van der Waals surface area (Å²) in [5.41, 5.74) is 30.4. The van der Waals surface area contributed by atoms with Crippen LogP contribution in [0.25, 0.3) is 33.4 Å². The van der Waals surface area contributed by atoms with E-state index in [1.807, 2.05) is 0 Å². The van der Waals surface area contributed by atoms with Gasteiger partial charge in [0.25, 0.3) is 6.71 Å². The zero-order valence-electron chi connectivity index (χ0n) is 37.4. The Labute approximate surface area is 363 Å². The van der Waals surface area contributed by atoms with Crippen molar-refractivity contribution in [3.8, 4) is 33.4 Å². The van der Waals surface area contributed by atoms with Crippen LogP contribution in [0.2, 0.25) is 0 Å². The third kappa shape index (κ3) is 4.88. The Kier molecular flexibility index (Phi) is 7.70. The molecule has 0 bridgehead atoms. The summed E-state index contributed by atoms with van der Waals surface area (Å²) in [5.74, 6) is 1.69. The fourth-order valence-electron chi connectivity index (χ4n) is 12.0. The number of hydrogen-bond acceptors (Lipinski definition) is 2. The molecular weight excluding hydrogens is 734 g/mol. The van der Waals surface area contributed by atoms with Gasteiger partial charge in [0, 0.05) is 45.0 Å². The molecule has 2 nitrogen and oxygen atoms in total. The Morgan fingerprint density at radius 3 is 1.75 bits per heavy atom. The minimum Gasteiger partial charge on any atom is -0.377 e. The molecule has 12 rings (SSSR count). The second-order valence-electron chi connectivity index (χ2n) is 20.5. The van der Waals surface area contributed by atoms with Gasteiger partial charge in [-0.1, -0.05) is 160 Å². The molecule has 298 valence electrons. The van der Waals surface area contributed by atoms with Gasteiger partial charge in [-0.05, 0) is 137 Å². The first kappa shape index (κ1) is 37.1. The molecule has 0 saturated heterocycles. The lowest BCUT2D eigenvalue weighted by Gasteiger charge is -2.52. The zero-order chi connectivity index (χ0) is 42.0. The van der Waals surface area contributed by atoms with E-state index >= 15 is 0 Å². The smallest absolute Gasteiger partial charge is 0.329 e. The molecule has 4 heteroatoms. The third-order valence-electron chi connectivity index (χ3n) is 15.4. The topological polar surface area (TPSA) is 6.48 Å². The summed E-state index contributed by atoms with van der Waals surface area (Å²) >= 11 is 0. The Bertz CT molecular complexity index is 3040. The van der Waals surface area contributed by atoms with Gasteiger partial charge < -0.3 is 9.71 Å². The van der Waals surface area contributed by atoms with Crippen molar-refractivity contribution in [3.05, 3.63) is 155 Å². The summed E-state index contributed by atoms with van der Waals surface area (Å²) < 4.78 is 0. The SMILES string of the molecule is CC(C)c1ccc(N2c3ccc(C(C)C)cc3B3c4cc(C(C)C)cc5c4N4B(c6cc7c(cc6-5)C(C)(C)c5ccccc5-7)c5cc(C(C)C)ccc5-c5ccc2c3c54)cc1. The first-order chi connectivity index (χ1) is 29.3. The van der Waals surface area contributed by atoms with Gasteiger partial charge in [0.1, 0.15) is 0 Å². The Balaban J connectivity index is 1.24. The van der Waals surface area contributed by atoms with E-state index in [1.54, 1.807) is 0 Å². The summed E-state index contributed by atoms with van der Waals surface area (Å²) in [4.78, 5) is 5.42. The summed E-state index contributed by atoms with van der Waals surface area (Å²) in [5, 5.41) is 0. The normalized spacial score (nSPS) is 15.3. The average molecular weight is 789 g/mol. The minimum absolute atomic E-state index is 0.0307. The van der Waals surface area contributed by atoms with Crippen molar-refractivity contribution >= 4 is 69.3 Å². The van der Waals surface area contributed by atoms with E-state index in [2.05, 4.69) is 200 Å². The molecule has 4 heterocycles. The van der Waals surface area contributed by atoms with Gasteiger partial charge in [-0.3, -0.25) is 0 Å². The molecule has 0 spiro atoms. The fraction of sp³-hybridized carbons (Fsp3) is 0.263. The van der Waals surface area contributed by atoms with Crippen LogP contribution >= 0.6 is 0 Å². The summed E-state index contributed by atoms with van der Waals surface area (Å²) in [6, 6.07) is 48.7. The van der Waals surface area contributed by atoms with Gasteiger partial charge in [0.05, 0.1) is 0 Å². The first-order valence-corrected chi connectivity index (χ1v) is 22.9. The number of benzene rings is 7. The number of hydrogen-bond donors (Lipinski definition) is 0. The van der Waals surface area contributed by atoms with Gasteiger partial charge in [-0.15, -0.1) is 0 Å². The van der Waals surface area contributed by atoms with E-state index in [-0.39, 0.29) is 19.0 Å². The molecule has 0 saturated carbocycles. The lowest BCUT2D eigenvalue weighted by atomic mass is 9.30. The maximum Gasteiger partial charge on any atom is 0.329 e. The lowest BCUT2D eigenvalue weighted by molar-refractivity contribution is 0.660. The standard InChI is InChI=1S/C57H54B2N2/c1-31(2)35-15-19-39(20-16-35)60-52-23-18-37(33(5)6)27-50(52)58-51-28-38(34(7)8)25-45-44-29-47-43(40-13-11-12-14-46(40)57(47,9)10)30-49(44)59-48-26-36(32(3)4)17-21-41(48)42-22-24-53(60)54(58)56(42)61(59)55(45)51/h11-34H,1-10H3. The van der Waals surface area contributed by atoms with E-state index in [4.69, 9.17) is 0 Å². The van der Waals surface area contributed by atoms with E-state index in [0.717, 1.165) is 0 Å². The highest BCUT2D eigenvalue weighted by Crippen LogP contribution is 2.54. The molecule has 7 aromatic carbocycles. The molecule has 5 aliphatic rings. The summed E-state index contributed by atoms with van der Waals surface area (Å²) in [6.07, 6.45) is 0.